The number of ether oxygens (including phenoxy) is 1. The third kappa shape index (κ3) is 2.48. The number of nitrogens with one attached hydrogen (secondary N) is 1. The molecule has 0 saturated heterocycles. The number of anilines is 1. The second-order valence-corrected chi connectivity index (χ2v) is 4.24. The number of nitrogens with zero attached hydrogens (tertiary/aromatic N) is 3. The highest BCUT2D eigenvalue weighted by atomic mass is 16.5. The molecule has 2 heterocycles. The SMILES string of the molecule is COc1cnccc1C(=O)Nc1ccc2c(c1)=NC(=O)N=2. The van der Waals surface area contributed by atoms with E-state index >= 15 is 0 Å². The standard InChI is InChI=1S/C14H10N4O3/c1-21-12-7-15-5-4-9(12)13(19)16-8-2-3-10-11(6-8)18-14(20)17-10/h2-7H,1H3,(H,16,19). The number of carbonyl (C=O) groups excluding carboxylic acids is 2. The maximum Gasteiger partial charge on any atom is 0.368 e. The van der Waals surface area contributed by atoms with Gasteiger partial charge in [0.25, 0.3) is 5.91 Å². The summed E-state index contributed by atoms with van der Waals surface area (Å²) in [5.74, 6) is 0.0430. The van der Waals surface area contributed by atoms with Crippen LogP contribution in [0.5, 0.6) is 5.75 Å². The Labute approximate surface area is 119 Å². The number of benzene rings is 1. The molecule has 7 heteroatoms. The number of pyridine rings is 1. The number of rotatable bonds is 3. The maximum absolute atomic E-state index is 12.2. The summed E-state index contributed by atoms with van der Waals surface area (Å²) in [6, 6.07) is 5.90. The van der Waals surface area contributed by atoms with E-state index in [-0.39, 0.29) is 5.91 Å². The molecule has 0 fully saturated rings. The topological polar surface area (TPSA) is 93.0 Å². The van der Waals surface area contributed by atoms with Crippen LogP contribution in [0.2, 0.25) is 0 Å². The van der Waals surface area contributed by atoms with Gasteiger partial charge in [-0.25, -0.2) is 4.79 Å². The Bertz CT molecular complexity index is 861. The minimum atomic E-state index is -0.538. The third-order valence-corrected chi connectivity index (χ3v) is 2.91. The van der Waals surface area contributed by atoms with Gasteiger partial charge in [-0.2, -0.15) is 9.98 Å². The maximum atomic E-state index is 12.2. The van der Waals surface area contributed by atoms with Crippen LogP contribution in [0.25, 0.3) is 0 Å². The normalized spacial score (nSPS) is 12.1. The zero-order chi connectivity index (χ0) is 14.8. The van der Waals surface area contributed by atoms with Crippen molar-refractivity contribution in [2.45, 2.75) is 0 Å². The molecule has 1 aliphatic rings. The van der Waals surface area contributed by atoms with E-state index in [1.54, 1.807) is 24.3 Å². The molecule has 0 radical (unpaired) electrons. The number of aromatic nitrogens is 1. The van der Waals surface area contributed by atoms with Crippen molar-refractivity contribution in [3.63, 3.8) is 0 Å². The molecule has 0 aliphatic carbocycles. The van der Waals surface area contributed by atoms with Crippen LogP contribution in [0, 0.1) is 0 Å². The van der Waals surface area contributed by atoms with E-state index in [0.717, 1.165) is 0 Å². The molecule has 0 atom stereocenters. The third-order valence-electron chi connectivity index (χ3n) is 2.91. The van der Waals surface area contributed by atoms with Crippen LogP contribution in [-0.4, -0.2) is 24.0 Å². The highest BCUT2D eigenvalue weighted by molar-refractivity contribution is 6.06. The Morgan fingerprint density at radius 1 is 1.19 bits per heavy atom. The number of hydrogen-bond acceptors (Lipinski definition) is 4. The van der Waals surface area contributed by atoms with Gasteiger partial charge in [-0.3, -0.25) is 9.78 Å². The van der Waals surface area contributed by atoms with Crippen molar-refractivity contribution in [2.75, 3.05) is 12.4 Å². The number of carbonyl (C=O) groups is 2. The van der Waals surface area contributed by atoms with Crippen molar-refractivity contribution in [2.24, 2.45) is 9.98 Å². The van der Waals surface area contributed by atoms with Gasteiger partial charge in [-0.15, -0.1) is 0 Å². The molecule has 0 bridgehead atoms. The fourth-order valence-corrected chi connectivity index (χ4v) is 1.95. The number of urea groups is 1. The van der Waals surface area contributed by atoms with Crippen LogP contribution in [0.3, 0.4) is 0 Å². The van der Waals surface area contributed by atoms with E-state index in [1.807, 2.05) is 0 Å². The number of amides is 3. The van der Waals surface area contributed by atoms with Crippen molar-refractivity contribution in [1.82, 2.24) is 4.98 Å². The summed E-state index contributed by atoms with van der Waals surface area (Å²) < 4.78 is 5.09. The summed E-state index contributed by atoms with van der Waals surface area (Å²) >= 11 is 0. The second kappa shape index (κ2) is 5.12. The molecule has 1 aromatic carbocycles. The van der Waals surface area contributed by atoms with E-state index in [1.165, 1.54) is 19.5 Å². The van der Waals surface area contributed by atoms with Crippen molar-refractivity contribution < 1.29 is 14.3 Å². The fourth-order valence-electron chi connectivity index (χ4n) is 1.95. The second-order valence-electron chi connectivity index (χ2n) is 4.24. The van der Waals surface area contributed by atoms with Crippen LogP contribution in [-0.2, 0) is 0 Å². The number of methoxy groups -OCH3 is 1. The van der Waals surface area contributed by atoms with Crippen molar-refractivity contribution in [3.8, 4) is 5.75 Å². The van der Waals surface area contributed by atoms with Crippen LogP contribution in [0.4, 0.5) is 10.5 Å². The summed E-state index contributed by atoms with van der Waals surface area (Å²) in [5, 5.41) is 3.66. The largest absolute Gasteiger partial charge is 0.494 e. The van der Waals surface area contributed by atoms with Gasteiger partial charge < -0.3 is 10.1 Å². The van der Waals surface area contributed by atoms with Crippen LogP contribution in [0.1, 0.15) is 10.4 Å². The van der Waals surface area contributed by atoms with Gasteiger partial charge >= 0.3 is 6.03 Å². The summed E-state index contributed by atoms with van der Waals surface area (Å²) in [6.45, 7) is 0. The Morgan fingerprint density at radius 3 is 2.81 bits per heavy atom. The smallest absolute Gasteiger partial charge is 0.368 e. The van der Waals surface area contributed by atoms with Crippen LogP contribution >= 0.6 is 0 Å². The molecule has 0 saturated carbocycles. The number of fused-ring (bicyclic) bond motifs is 1. The monoisotopic (exact) mass is 282 g/mol. The lowest BCUT2D eigenvalue weighted by Gasteiger charge is -2.08. The zero-order valence-electron chi connectivity index (χ0n) is 11.0. The molecule has 2 aromatic rings. The molecular formula is C14H10N4O3. The molecule has 3 amide bonds. The van der Waals surface area contributed by atoms with E-state index in [9.17, 15) is 9.59 Å². The minimum Gasteiger partial charge on any atom is -0.494 e. The van der Waals surface area contributed by atoms with Crippen molar-refractivity contribution in [3.05, 3.63) is 52.9 Å². The molecule has 104 valence electrons. The predicted molar refractivity (Wildman–Crippen MR) is 72.9 cm³/mol. The van der Waals surface area contributed by atoms with E-state index in [2.05, 4.69) is 20.3 Å². The van der Waals surface area contributed by atoms with Gasteiger partial charge in [0, 0.05) is 11.9 Å². The fraction of sp³-hybridized carbons (Fsp3) is 0.0714. The highest BCUT2D eigenvalue weighted by Gasteiger charge is 2.13. The average Bonchev–Trinajstić information content (AvgIpc) is 2.86. The van der Waals surface area contributed by atoms with Gasteiger partial charge in [-0.1, -0.05) is 0 Å². The minimum absolute atomic E-state index is 0.338. The lowest BCUT2D eigenvalue weighted by atomic mass is 10.2. The predicted octanol–water partition coefficient (Wildman–Crippen LogP) is 0.715. The molecular weight excluding hydrogens is 272 g/mol. The summed E-state index contributed by atoms with van der Waals surface area (Å²) in [5.41, 5.74) is 0.886. The first kappa shape index (κ1) is 12.9. The Kier molecular flexibility index (Phi) is 3.15. The molecule has 1 aliphatic heterocycles. The van der Waals surface area contributed by atoms with E-state index < -0.39 is 6.03 Å². The Hall–Kier alpha value is -3.09. The van der Waals surface area contributed by atoms with Gasteiger partial charge in [0.05, 0.1) is 29.6 Å². The van der Waals surface area contributed by atoms with Gasteiger partial charge in [-0.05, 0) is 24.3 Å². The molecule has 21 heavy (non-hydrogen) atoms. The molecule has 7 nitrogen and oxygen atoms in total. The molecule has 1 N–H and O–H groups in total. The summed E-state index contributed by atoms with van der Waals surface area (Å²) in [4.78, 5) is 34.7. The Balaban J connectivity index is 1.90. The number of hydrogen-bond donors (Lipinski definition) is 1. The van der Waals surface area contributed by atoms with Gasteiger partial charge in [0.15, 0.2) is 0 Å². The van der Waals surface area contributed by atoms with E-state index in [4.69, 9.17) is 4.74 Å². The zero-order valence-corrected chi connectivity index (χ0v) is 11.0. The molecule has 1 aromatic heterocycles. The molecule has 0 unspecified atom stereocenters. The first-order valence-electron chi connectivity index (χ1n) is 6.08. The van der Waals surface area contributed by atoms with Gasteiger partial charge in [0.1, 0.15) is 5.75 Å². The molecule has 3 rings (SSSR count). The van der Waals surface area contributed by atoms with E-state index in [0.29, 0.717) is 27.7 Å². The lowest BCUT2D eigenvalue weighted by molar-refractivity contribution is 0.102. The first-order chi connectivity index (χ1) is 10.2. The van der Waals surface area contributed by atoms with Crippen LogP contribution < -0.4 is 20.8 Å². The van der Waals surface area contributed by atoms with Gasteiger partial charge in [0.2, 0.25) is 0 Å². The summed E-state index contributed by atoms with van der Waals surface area (Å²) in [7, 11) is 1.47. The highest BCUT2D eigenvalue weighted by Crippen LogP contribution is 2.17. The van der Waals surface area contributed by atoms with Crippen molar-refractivity contribution >= 4 is 17.6 Å². The summed E-state index contributed by atoms with van der Waals surface area (Å²) in [6.07, 6.45) is 2.97. The lowest BCUT2D eigenvalue weighted by Crippen LogP contribution is -2.23. The Morgan fingerprint density at radius 2 is 2.00 bits per heavy atom. The average molecular weight is 282 g/mol. The van der Waals surface area contributed by atoms with Crippen molar-refractivity contribution in [1.29, 1.82) is 0 Å². The molecule has 0 spiro atoms. The van der Waals surface area contributed by atoms with Crippen LogP contribution in [0.15, 0.2) is 46.6 Å². The quantitative estimate of drug-likeness (QED) is 0.897. The first-order valence-corrected chi connectivity index (χ1v) is 6.08.